The summed E-state index contributed by atoms with van der Waals surface area (Å²) >= 11 is 1.25. The van der Waals surface area contributed by atoms with Gasteiger partial charge >= 0.3 is 0 Å². The van der Waals surface area contributed by atoms with Crippen molar-refractivity contribution in [1.29, 1.82) is 0 Å². The molecule has 0 radical (unpaired) electrons. The van der Waals surface area contributed by atoms with Crippen molar-refractivity contribution in [2.45, 2.75) is 43.9 Å². The van der Waals surface area contributed by atoms with Crippen molar-refractivity contribution < 1.29 is 9.21 Å². The highest BCUT2D eigenvalue weighted by molar-refractivity contribution is 7.98. The molecule has 1 atom stereocenters. The Kier molecular flexibility index (Phi) is 7.19. The third-order valence-corrected chi connectivity index (χ3v) is 6.48. The molecule has 0 aliphatic rings. The molecule has 4 N–H and O–H groups in total. The van der Waals surface area contributed by atoms with E-state index in [4.69, 9.17) is 15.9 Å². The fourth-order valence-electron chi connectivity index (χ4n) is 4.07. The number of furan rings is 1. The number of nitrogens with zero attached hydrogens (tertiary/aromatic N) is 2. The molecule has 1 unspecified atom stereocenters. The fraction of sp³-hybridized carbons (Fsp3) is 0.269. The monoisotopic (exact) mass is 476 g/mol. The van der Waals surface area contributed by atoms with Gasteiger partial charge in [0.15, 0.2) is 5.16 Å². The Morgan fingerprint density at radius 3 is 2.44 bits per heavy atom. The van der Waals surface area contributed by atoms with Gasteiger partial charge in [-0.1, -0.05) is 86.1 Å². The van der Waals surface area contributed by atoms with E-state index in [0.29, 0.717) is 21.9 Å². The molecule has 0 aliphatic carbocycles. The van der Waals surface area contributed by atoms with Gasteiger partial charge in [-0.3, -0.25) is 14.2 Å². The van der Waals surface area contributed by atoms with Crippen molar-refractivity contribution in [3.8, 4) is 22.5 Å². The molecule has 0 fully saturated rings. The van der Waals surface area contributed by atoms with Gasteiger partial charge in [0, 0.05) is 17.2 Å². The lowest BCUT2D eigenvalue weighted by molar-refractivity contribution is -0.118. The minimum atomic E-state index is -0.612. The summed E-state index contributed by atoms with van der Waals surface area (Å²) in [6.45, 7) is 1.90. The van der Waals surface area contributed by atoms with Crippen LogP contribution in [0.4, 0.5) is 0 Å². The minimum Gasteiger partial charge on any atom is -0.437 e. The Labute approximate surface area is 202 Å². The maximum absolute atomic E-state index is 13.6. The summed E-state index contributed by atoms with van der Waals surface area (Å²) in [6.07, 6.45) is 4.89. The summed E-state index contributed by atoms with van der Waals surface area (Å²) in [5.41, 5.74) is 14.9. The number of aromatic nitrogens is 2. The second-order valence-corrected chi connectivity index (χ2v) is 8.95. The van der Waals surface area contributed by atoms with Crippen LogP contribution < -0.4 is 17.0 Å². The maximum Gasteiger partial charge on any atom is 0.266 e. The van der Waals surface area contributed by atoms with E-state index >= 15 is 0 Å². The van der Waals surface area contributed by atoms with E-state index in [1.807, 2.05) is 54.6 Å². The van der Waals surface area contributed by atoms with E-state index in [0.717, 1.165) is 36.0 Å². The second-order valence-electron chi connectivity index (χ2n) is 8.18. The highest BCUT2D eigenvalue weighted by atomic mass is 32.2. The van der Waals surface area contributed by atoms with Crippen molar-refractivity contribution >= 4 is 28.8 Å². The molecule has 4 aromatic rings. The van der Waals surface area contributed by atoms with Gasteiger partial charge in [0.1, 0.15) is 17.7 Å². The number of rotatable bonds is 9. The summed E-state index contributed by atoms with van der Waals surface area (Å²) in [5, 5.41) is 0.692. The standard InChI is InChI=1S/C26H28N4O3S/c1-3-4-10-19(27)16-11-13-18(14-12-16)23-21(17-8-6-5-7-9-17)22-24(33-23)29-26(34-2)30(25(22)32)15-20(28)31/h5-9,11-14,19H,3-4,10,15,27H2,1-2H3,(H2,28,31). The van der Waals surface area contributed by atoms with Crippen LogP contribution in [0.3, 0.4) is 0 Å². The molecule has 7 nitrogen and oxygen atoms in total. The topological polar surface area (TPSA) is 117 Å². The highest BCUT2D eigenvalue weighted by Crippen LogP contribution is 2.39. The molecule has 0 aliphatic heterocycles. The first kappa shape index (κ1) is 23.8. The molecule has 34 heavy (non-hydrogen) atoms. The number of thioether (sulfide) groups is 1. The van der Waals surface area contributed by atoms with Gasteiger partial charge in [-0.05, 0) is 23.8 Å². The first-order valence-corrected chi connectivity index (χ1v) is 12.5. The van der Waals surface area contributed by atoms with Crippen molar-refractivity contribution in [3.05, 3.63) is 70.5 Å². The Morgan fingerprint density at radius 2 is 1.82 bits per heavy atom. The zero-order valence-electron chi connectivity index (χ0n) is 19.3. The second kappa shape index (κ2) is 10.3. The molecule has 2 aromatic heterocycles. The zero-order chi connectivity index (χ0) is 24.2. The van der Waals surface area contributed by atoms with Crippen LogP contribution in [0.1, 0.15) is 37.8 Å². The lowest BCUT2D eigenvalue weighted by atomic mass is 9.97. The summed E-state index contributed by atoms with van der Waals surface area (Å²) in [6, 6.07) is 17.5. The third kappa shape index (κ3) is 4.64. The Hall–Kier alpha value is -3.36. The van der Waals surface area contributed by atoms with E-state index < -0.39 is 5.91 Å². The molecule has 4 rings (SSSR count). The Morgan fingerprint density at radius 1 is 1.12 bits per heavy atom. The lowest BCUT2D eigenvalue weighted by Crippen LogP contribution is -2.30. The minimum absolute atomic E-state index is 0.0231. The van der Waals surface area contributed by atoms with E-state index in [1.54, 1.807) is 6.26 Å². The van der Waals surface area contributed by atoms with Crippen LogP contribution in [0.25, 0.3) is 33.6 Å². The molecule has 2 heterocycles. The molecular weight excluding hydrogens is 448 g/mol. The van der Waals surface area contributed by atoms with E-state index in [9.17, 15) is 9.59 Å². The van der Waals surface area contributed by atoms with Crippen molar-refractivity contribution in [3.63, 3.8) is 0 Å². The number of carbonyl (C=O) groups is 1. The largest absolute Gasteiger partial charge is 0.437 e. The number of nitrogens with two attached hydrogens (primary N) is 2. The number of fused-ring (bicyclic) bond motifs is 1. The molecule has 0 spiro atoms. The molecule has 176 valence electrons. The summed E-state index contributed by atoms with van der Waals surface area (Å²) in [4.78, 5) is 29.8. The molecule has 0 bridgehead atoms. The van der Waals surface area contributed by atoms with Gasteiger partial charge in [-0.2, -0.15) is 4.98 Å². The van der Waals surface area contributed by atoms with Crippen molar-refractivity contribution in [2.75, 3.05) is 6.26 Å². The summed E-state index contributed by atoms with van der Waals surface area (Å²) < 4.78 is 7.51. The van der Waals surface area contributed by atoms with Crippen molar-refractivity contribution in [1.82, 2.24) is 9.55 Å². The molecule has 0 saturated carbocycles. The lowest BCUT2D eigenvalue weighted by Gasteiger charge is -2.12. The fourth-order valence-corrected chi connectivity index (χ4v) is 4.61. The highest BCUT2D eigenvalue weighted by Gasteiger charge is 2.24. The number of hydrogen-bond donors (Lipinski definition) is 2. The molecular formula is C26H28N4O3S. The number of carbonyl (C=O) groups excluding carboxylic acids is 1. The predicted octanol–water partition coefficient (Wildman–Crippen LogP) is 4.72. The quantitative estimate of drug-likeness (QED) is 0.267. The Balaban J connectivity index is 1.93. The van der Waals surface area contributed by atoms with Crippen LogP contribution in [0.2, 0.25) is 0 Å². The third-order valence-electron chi connectivity index (χ3n) is 5.81. The number of primary amides is 1. The Bertz CT molecular complexity index is 1360. The molecule has 8 heteroatoms. The molecule has 0 saturated heterocycles. The van der Waals surface area contributed by atoms with Gasteiger partial charge < -0.3 is 15.9 Å². The van der Waals surface area contributed by atoms with Gasteiger partial charge in [0.25, 0.3) is 5.56 Å². The maximum atomic E-state index is 13.6. The SMILES string of the molecule is CCCCC(N)c1ccc(-c2oc3nc(SC)n(CC(N)=O)c(=O)c3c2-c2ccccc2)cc1. The van der Waals surface area contributed by atoms with Crippen LogP contribution >= 0.6 is 11.8 Å². The first-order valence-electron chi connectivity index (χ1n) is 11.3. The average molecular weight is 477 g/mol. The summed E-state index contributed by atoms with van der Waals surface area (Å²) in [7, 11) is 0. The van der Waals surface area contributed by atoms with Crippen LogP contribution in [-0.2, 0) is 11.3 Å². The van der Waals surface area contributed by atoms with Crippen LogP contribution in [0.5, 0.6) is 0 Å². The predicted molar refractivity (Wildman–Crippen MR) is 137 cm³/mol. The first-order chi connectivity index (χ1) is 16.4. The number of hydrogen-bond acceptors (Lipinski definition) is 6. The summed E-state index contributed by atoms with van der Waals surface area (Å²) in [5.74, 6) is -0.0677. The van der Waals surface area contributed by atoms with E-state index in [2.05, 4.69) is 11.9 Å². The van der Waals surface area contributed by atoms with Crippen LogP contribution in [-0.4, -0.2) is 21.7 Å². The molecule has 1 amide bonds. The number of unbranched alkanes of at least 4 members (excludes halogenated alkanes) is 1. The zero-order valence-corrected chi connectivity index (χ0v) is 20.1. The van der Waals surface area contributed by atoms with Gasteiger partial charge in [0.05, 0.1) is 0 Å². The van der Waals surface area contributed by atoms with Gasteiger partial charge in [0.2, 0.25) is 11.6 Å². The normalized spacial score (nSPS) is 12.2. The smallest absolute Gasteiger partial charge is 0.266 e. The van der Waals surface area contributed by atoms with Gasteiger partial charge in [-0.15, -0.1) is 0 Å². The van der Waals surface area contributed by atoms with Gasteiger partial charge in [-0.25, -0.2) is 0 Å². The van der Waals surface area contributed by atoms with Crippen molar-refractivity contribution in [2.24, 2.45) is 11.5 Å². The number of amides is 1. The van der Waals surface area contributed by atoms with E-state index in [1.165, 1.54) is 16.3 Å². The van der Waals surface area contributed by atoms with E-state index in [-0.39, 0.29) is 23.9 Å². The van der Waals surface area contributed by atoms with Crippen LogP contribution in [0, 0.1) is 0 Å². The number of benzene rings is 2. The average Bonchev–Trinajstić information content (AvgIpc) is 3.24. The van der Waals surface area contributed by atoms with Crippen LogP contribution in [0.15, 0.2) is 69.0 Å². The molecule has 2 aromatic carbocycles.